The van der Waals surface area contributed by atoms with Gasteiger partial charge >= 0.3 is 5.97 Å². The molecule has 0 unspecified atom stereocenters. The van der Waals surface area contributed by atoms with Gasteiger partial charge < -0.3 is 5.11 Å². The van der Waals surface area contributed by atoms with Crippen LogP contribution >= 0.6 is 0 Å². The molecule has 0 aliphatic rings. The molecule has 2 nitrogen and oxygen atoms in total. The van der Waals surface area contributed by atoms with Crippen molar-refractivity contribution >= 4 is 5.97 Å². The molecule has 2 heteroatoms. The summed E-state index contributed by atoms with van der Waals surface area (Å²) in [6.45, 7) is 4.59. The van der Waals surface area contributed by atoms with Crippen LogP contribution in [0, 0.1) is 5.92 Å². The molecule has 1 N–H and O–H groups in total. The summed E-state index contributed by atoms with van der Waals surface area (Å²) < 4.78 is 0. The van der Waals surface area contributed by atoms with Gasteiger partial charge in [0.2, 0.25) is 0 Å². The summed E-state index contributed by atoms with van der Waals surface area (Å²) >= 11 is 0. The molecule has 0 rings (SSSR count). The lowest BCUT2D eigenvalue weighted by Gasteiger charge is -2.16. The van der Waals surface area contributed by atoms with Gasteiger partial charge in [-0.15, -0.1) is 0 Å². The van der Waals surface area contributed by atoms with Crippen molar-refractivity contribution in [2.75, 3.05) is 0 Å². The minimum absolute atomic E-state index is 0.344. The average molecular weight is 327 g/mol. The van der Waals surface area contributed by atoms with E-state index >= 15 is 0 Å². The van der Waals surface area contributed by atoms with Gasteiger partial charge in [0.1, 0.15) is 0 Å². The monoisotopic (exact) mass is 326 g/mol. The van der Waals surface area contributed by atoms with Crippen molar-refractivity contribution in [2.45, 2.75) is 123 Å². The molecule has 0 aromatic carbocycles. The number of aliphatic carboxylic acids is 1. The second-order valence-corrected chi connectivity index (χ2v) is 7.26. The predicted octanol–water partition coefficient (Wildman–Crippen LogP) is 7.36. The van der Waals surface area contributed by atoms with E-state index < -0.39 is 5.97 Å². The molecular weight excluding hydrogens is 284 g/mol. The van der Waals surface area contributed by atoms with Crippen LogP contribution in [-0.4, -0.2) is 11.1 Å². The summed E-state index contributed by atoms with van der Waals surface area (Å²) in [5, 5.41) is 8.59. The lowest BCUT2D eigenvalue weighted by Crippen LogP contribution is -2.01. The molecule has 23 heavy (non-hydrogen) atoms. The van der Waals surface area contributed by atoms with E-state index in [1.165, 1.54) is 89.9 Å². The molecule has 0 saturated carbocycles. The molecule has 0 aliphatic carbocycles. The second-order valence-electron chi connectivity index (χ2n) is 7.26. The van der Waals surface area contributed by atoms with Gasteiger partial charge in [0, 0.05) is 6.42 Å². The van der Waals surface area contributed by atoms with Gasteiger partial charge in [0.25, 0.3) is 0 Å². The summed E-state index contributed by atoms with van der Waals surface area (Å²) in [5.41, 5.74) is 0. The van der Waals surface area contributed by atoms with Crippen molar-refractivity contribution in [1.82, 2.24) is 0 Å². The van der Waals surface area contributed by atoms with E-state index in [0.717, 1.165) is 18.8 Å². The Morgan fingerprint density at radius 3 is 1.48 bits per heavy atom. The number of carboxylic acid groups (broad SMARTS) is 1. The van der Waals surface area contributed by atoms with Gasteiger partial charge in [-0.05, 0) is 12.3 Å². The highest BCUT2D eigenvalue weighted by Gasteiger charge is 2.08. The fraction of sp³-hybridized carbons (Fsp3) is 0.952. The van der Waals surface area contributed by atoms with Crippen LogP contribution in [-0.2, 0) is 4.79 Å². The molecule has 0 heterocycles. The number of unbranched alkanes of at least 4 members (excludes halogenated alkanes) is 10. The van der Waals surface area contributed by atoms with Gasteiger partial charge in [-0.2, -0.15) is 0 Å². The molecule has 0 amide bonds. The van der Waals surface area contributed by atoms with Crippen LogP contribution in [0.2, 0.25) is 0 Å². The third-order valence-electron chi connectivity index (χ3n) is 4.93. The molecule has 0 radical (unpaired) electrons. The summed E-state index contributed by atoms with van der Waals surface area (Å²) in [6, 6.07) is 0. The zero-order valence-electron chi connectivity index (χ0n) is 16.0. The maximum atomic E-state index is 10.4. The first-order chi connectivity index (χ1) is 11.2. The number of carbonyl (C=O) groups is 1. The first-order valence-electron chi connectivity index (χ1n) is 10.4. The zero-order valence-corrected chi connectivity index (χ0v) is 16.0. The Balaban J connectivity index is 3.54. The first kappa shape index (κ1) is 22.5. The minimum Gasteiger partial charge on any atom is -0.481 e. The van der Waals surface area contributed by atoms with E-state index in [2.05, 4.69) is 13.8 Å². The topological polar surface area (TPSA) is 37.3 Å². The Bertz CT molecular complexity index is 240. The number of rotatable bonds is 18. The largest absolute Gasteiger partial charge is 0.481 e. The van der Waals surface area contributed by atoms with E-state index in [-0.39, 0.29) is 0 Å². The Kier molecular flexibility index (Phi) is 17.4. The molecule has 0 bridgehead atoms. The smallest absolute Gasteiger partial charge is 0.303 e. The Labute approximate surface area is 145 Å². The summed E-state index contributed by atoms with van der Waals surface area (Å²) in [4.78, 5) is 10.4. The van der Waals surface area contributed by atoms with E-state index in [0.29, 0.717) is 6.42 Å². The standard InChI is InChI=1S/C21H42O2/c1-3-5-12-16-20(17-13-6-4-2)18-14-10-8-7-9-11-15-19-21(22)23/h20H,3-19H2,1-2H3,(H,22,23). The molecule has 138 valence electrons. The van der Waals surface area contributed by atoms with Crippen molar-refractivity contribution in [3.63, 3.8) is 0 Å². The van der Waals surface area contributed by atoms with Gasteiger partial charge in [0.05, 0.1) is 0 Å². The Morgan fingerprint density at radius 1 is 0.652 bits per heavy atom. The van der Waals surface area contributed by atoms with Crippen molar-refractivity contribution in [3.05, 3.63) is 0 Å². The van der Waals surface area contributed by atoms with Crippen LogP contribution < -0.4 is 0 Å². The van der Waals surface area contributed by atoms with Crippen LogP contribution in [0.1, 0.15) is 123 Å². The fourth-order valence-corrected chi connectivity index (χ4v) is 3.39. The normalized spacial score (nSPS) is 11.3. The fourth-order valence-electron chi connectivity index (χ4n) is 3.39. The van der Waals surface area contributed by atoms with Gasteiger partial charge in [-0.3, -0.25) is 4.79 Å². The molecular formula is C21H42O2. The highest BCUT2D eigenvalue weighted by molar-refractivity contribution is 5.66. The third-order valence-corrected chi connectivity index (χ3v) is 4.93. The SMILES string of the molecule is CCCCCC(CCCCC)CCCCCCCCCC(=O)O. The van der Waals surface area contributed by atoms with Gasteiger partial charge in [-0.1, -0.05) is 110 Å². The molecule has 0 aliphatic heterocycles. The van der Waals surface area contributed by atoms with Crippen LogP contribution in [0.3, 0.4) is 0 Å². The van der Waals surface area contributed by atoms with E-state index in [4.69, 9.17) is 5.11 Å². The highest BCUT2D eigenvalue weighted by Crippen LogP contribution is 2.23. The lowest BCUT2D eigenvalue weighted by atomic mass is 9.90. The average Bonchev–Trinajstić information content (AvgIpc) is 2.52. The molecule has 0 atom stereocenters. The van der Waals surface area contributed by atoms with E-state index in [1.54, 1.807) is 0 Å². The highest BCUT2D eigenvalue weighted by atomic mass is 16.4. The van der Waals surface area contributed by atoms with Crippen molar-refractivity contribution in [2.24, 2.45) is 5.92 Å². The number of hydrogen-bond donors (Lipinski definition) is 1. The van der Waals surface area contributed by atoms with E-state index in [1.807, 2.05) is 0 Å². The van der Waals surface area contributed by atoms with Gasteiger partial charge in [0.15, 0.2) is 0 Å². The van der Waals surface area contributed by atoms with Crippen LogP contribution in [0.25, 0.3) is 0 Å². The van der Waals surface area contributed by atoms with Crippen LogP contribution in [0.4, 0.5) is 0 Å². The van der Waals surface area contributed by atoms with Crippen molar-refractivity contribution in [1.29, 1.82) is 0 Å². The van der Waals surface area contributed by atoms with Crippen LogP contribution in [0.5, 0.6) is 0 Å². The van der Waals surface area contributed by atoms with Crippen molar-refractivity contribution in [3.8, 4) is 0 Å². The predicted molar refractivity (Wildman–Crippen MR) is 101 cm³/mol. The molecule has 0 saturated heterocycles. The quantitative estimate of drug-likeness (QED) is 0.267. The van der Waals surface area contributed by atoms with Crippen LogP contribution in [0.15, 0.2) is 0 Å². The summed E-state index contributed by atoms with van der Waals surface area (Å²) in [5.74, 6) is 0.325. The maximum Gasteiger partial charge on any atom is 0.303 e. The van der Waals surface area contributed by atoms with Gasteiger partial charge in [-0.25, -0.2) is 0 Å². The number of hydrogen-bond acceptors (Lipinski definition) is 1. The Hall–Kier alpha value is -0.530. The zero-order chi connectivity index (χ0) is 17.2. The molecule has 0 spiro atoms. The van der Waals surface area contributed by atoms with E-state index in [9.17, 15) is 4.79 Å². The molecule has 0 aromatic heterocycles. The number of carboxylic acids is 1. The summed E-state index contributed by atoms with van der Waals surface area (Å²) in [6.07, 6.45) is 21.6. The molecule has 0 aromatic rings. The maximum absolute atomic E-state index is 10.4. The first-order valence-corrected chi connectivity index (χ1v) is 10.4. The Morgan fingerprint density at radius 2 is 1.04 bits per heavy atom. The molecule has 0 fully saturated rings. The minimum atomic E-state index is -0.651. The summed E-state index contributed by atoms with van der Waals surface area (Å²) in [7, 11) is 0. The third kappa shape index (κ3) is 17.7. The second kappa shape index (κ2) is 17.8. The lowest BCUT2D eigenvalue weighted by molar-refractivity contribution is -0.137. The van der Waals surface area contributed by atoms with Crippen molar-refractivity contribution < 1.29 is 9.90 Å².